The van der Waals surface area contributed by atoms with Crippen molar-refractivity contribution in [3.05, 3.63) is 36.1 Å². The molecule has 0 spiro atoms. The Morgan fingerprint density at radius 1 is 1.45 bits per heavy atom. The fourth-order valence-corrected chi connectivity index (χ4v) is 0.675. The van der Waals surface area contributed by atoms with Gasteiger partial charge < -0.3 is 5.11 Å². The summed E-state index contributed by atoms with van der Waals surface area (Å²) in [6, 6.07) is 0. The molecule has 0 radical (unpaired) electrons. The Labute approximate surface area is 68.7 Å². The zero-order valence-corrected chi connectivity index (χ0v) is 7.30. The van der Waals surface area contributed by atoms with E-state index in [1.165, 1.54) is 5.57 Å². The summed E-state index contributed by atoms with van der Waals surface area (Å²) in [5.74, 6) is 0. The molecule has 0 fully saturated rings. The second kappa shape index (κ2) is 5.78. The molecule has 1 N–H and O–H groups in total. The summed E-state index contributed by atoms with van der Waals surface area (Å²) in [5, 5.41) is 8.55. The van der Waals surface area contributed by atoms with E-state index in [-0.39, 0.29) is 0 Å². The van der Waals surface area contributed by atoms with E-state index in [2.05, 4.69) is 12.7 Å². The van der Waals surface area contributed by atoms with E-state index in [0.717, 1.165) is 24.7 Å². The van der Waals surface area contributed by atoms with E-state index in [9.17, 15) is 0 Å². The van der Waals surface area contributed by atoms with Gasteiger partial charge in [0.25, 0.3) is 0 Å². The number of allylic oxidation sites excluding steroid dienone is 4. The van der Waals surface area contributed by atoms with Gasteiger partial charge in [0.1, 0.15) is 0 Å². The van der Waals surface area contributed by atoms with E-state index in [1.807, 2.05) is 19.9 Å². The molecule has 0 saturated heterocycles. The van der Waals surface area contributed by atoms with E-state index >= 15 is 0 Å². The highest BCUT2D eigenvalue weighted by atomic mass is 16.2. The molecular weight excluding hydrogens is 136 g/mol. The predicted molar refractivity (Wildman–Crippen MR) is 49.6 cm³/mol. The molecule has 11 heavy (non-hydrogen) atoms. The predicted octanol–water partition coefficient (Wildman–Crippen LogP) is 3.36. The molecule has 0 bridgehead atoms. The van der Waals surface area contributed by atoms with Crippen LogP contribution in [0.4, 0.5) is 0 Å². The third-order valence-corrected chi connectivity index (χ3v) is 1.55. The van der Waals surface area contributed by atoms with Gasteiger partial charge in [-0.2, -0.15) is 0 Å². The molecule has 0 rings (SSSR count). The zero-order chi connectivity index (χ0) is 8.69. The first kappa shape index (κ1) is 10.0. The van der Waals surface area contributed by atoms with Crippen LogP contribution in [0.1, 0.15) is 26.7 Å². The van der Waals surface area contributed by atoms with Gasteiger partial charge in [0, 0.05) is 0 Å². The van der Waals surface area contributed by atoms with Crippen molar-refractivity contribution in [1.82, 2.24) is 0 Å². The highest BCUT2D eigenvalue weighted by Gasteiger charge is 1.87. The normalized spacial score (nSPS) is 13.3. The second-order valence-electron chi connectivity index (χ2n) is 2.67. The number of aliphatic hydroxyl groups excluding tert-OH is 1. The van der Waals surface area contributed by atoms with Gasteiger partial charge in [-0.3, -0.25) is 0 Å². The number of rotatable bonds is 4. The van der Waals surface area contributed by atoms with Crippen molar-refractivity contribution in [2.45, 2.75) is 26.7 Å². The van der Waals surface area contributed by atoms with Crippen LogP contribution >= 0.6 is 0 Å². The Morgan fingerprint density at radius 3 is 2.55 bits per heavy atom. The third kappa shape index (κ3) is 5.46. The fourth-order valence-electron chi connectivity index (χ4n) is 0.675. The van der Waals surface area contributed by atoms with Crippen LogP contribution in [0.3, 0.4) is 0 Å². The van der Waals surface area contributed by atoms with Gasteiger partial charge in [0.2, 0.25) is 0 Å². The van der Waals surface area contributed by atoms with Gasteiger partial charge in [-0.05, 0) is 32.3 Å². The summed E-state index contributed by atoms with van der Waals surface area (Å²) in [6.45, 7) is 7.58. The maximum Gasteiger partial charge on any atom is 0.0780 e. The average molecular weight is 152 g/mol. The molecule has 0 aliphatic carbocycles. The topological polar surface area (TPSA) is 20.2 Å². The first-order valence-electron chi connectivity index (χ1n) is 3.79. The molecule has 0 aromatic carbocycles. The highest BCUT2D eigenvalue weighted by Crippen LogP contribution is 2.05. The van der Waals surface area contributed by atoms with Crippen LogP contribution in [0.5, 0.6) is 0 Å². The quantitative estimate of drug-likeness (QED) is 0.483. The maximum atomic E-state index is 8.55. The SMILES string of the molecule is C=CC(C)=CCCC(C)=CO. The largest absolute Gasteiger partial charge is 0.516 e. The second-order valence-corrected chi connectivity index (χ2v) is 2.67. The molecule has 0 heterocycles. The van der Waals surface area contributed by atoms with Crippen molar-refractivity contribution >= 4 is 0 Å². The number of hydrogen-bond donors (Lipinski definition) is 1. The Bertz CT molecular complexity index is 175. The van der Waals surface area contributed by atoms with Crippen LogP contribution in [-0.2, 0) is 0 Å². The fraction of sp³-hybridized carbons (Fsp3) is 0.400. The molecule has 0 aromatic heterocycles. The number of hydrogen-bond acceptors (Lipinski definition) is 1. The van der Waals surface area contributed by atoms with Crippen molar-refractivity contribution in [2.24, 2.45) is 0 Å². The van der Waals surface area contributed by atoms with Crippen LogP contribution in [0.2, 0.25) is 0 Å². The minimum absolute atomic E-state index is 0.918. The van der Waals surface area contributed by atoms with Crippen LogP contribution in [0, 0.1) is 0 Å². The summed E-state index contributed by atoms with van der Waals surface area (Å²) in [7, 11) is 0. The summed E-state index contributed by atoms with van der Waals surface area (Å²) in [4.78, 5) is 0. The Balaban J connectivity index is 3.65. The molecule has 0 unspecified atom stereocenters. The molecule has 62 valence electrons. The molecule has 0 aromatic rings. The summed E-state index contributed by atoms with van der Waals surface area (Å²) < 4.78 is 0. The van der Waals surface area contributed by atoms with Crippen LogP contribution < -0.4 is 0 Å². The minimum atomic E-state index is 0.918. The lowest BCUT2D eigenvalue weighted by Crippen LogP contribution is -1.76. The monoisotopic (exact) mass is 152 g/mol. The first-order valence-corrected chi connectivity index (χ1v) is 3.79. The lowest BCUT2D eigenvalue weighted by Gasteiger charge is -1.95. The standard InChI is InChI=1S/C10H16O/c1-4-9(2)6-5-7-10(3)8-11/h4,6,8,11H,1,5,7H2,2-3H3. The van der Waals surface area contributed by atoms with Crippen molar-refractivity contribution in [3.63, 3.8) is 0 Å². The molecule has 0 amide bonds. The summed E-state index contributed by atoms with van der Waals surface area (Å²) >= 11 is 0. The lowest BCUT2D eigenvalue weighted by molar-refractivity contribution is 0.464. The van der Waals surface area contributed by atoms with Crippen molar-refractivity contribution in [3.8, 4) is 0 Å². The van der Waals surface area contributed by atoms with Gasteiger partial charge in [-0.25, -0.2) is 0 Å². The summed E-state index contributed by atoms with van der Waals surface area (Å²) in [5.41, 5.74) is 2.20. The van der Waals surface area contributed by atoms with E-state index in [4.69, 9.17) is 5.11 Å². The minimum Gasteiger partial charge on any atom is -0.516 e. The van der Waals surface area contributed by atoms with Gasteiger partial charge in [-0.1, -0.05) is 24.3 Å². The molecule has 0 aliphatic rings. The van der Waals surface area contributed by atoms with Crippen molar-refractivity contribution < 1.29 is 5.11 Å². The molecule has 0 saturated carbocycles. The van der Waals surface area contributed by atoms with Gasteiger partial charge in [-0.15, -0.1) is 0 Å². The van der Waals surface area contributed by atoms with E-state index in [0.29, 0.717) is 0 Å². The molecule has 1 nitrogen and oxygen atoms in total. The molecule has 0 aliphatic heterocycles. The lowest BCUT2D eigenvalue weighted by atomic mass is 10.1. The maximum absolute atomic E-state index is 8.55. The highest BCUT2D eigenvalue weighted by molar-refractivity contribution is 5.13. The van der Waals surface area contributed by atoms with Crippen molar-refractivity contribution in [2.75, 3.05) is 0 Å². The van der Waals surface area contributed by atoms with Crippen molar-refractivity contribution in [1.29, 1.82) is 0 Å². The first-order chi connectivity index (χ1) is 5.20. The van der Waals surface area contributed by atoms with Gasteiger partial charge in [0.05, 0.1) is 6.26 Å². The van der Waals surface area contributed by atoms with E-state index < -0.39 is 0 Å². The van der Waals surface area contributed by atoms with Gasteiger partial charge in [0.15, 0.2) is 0 Å². The summed E-state index contributed by atoms with van der Waals surface area (Å²) in [6.07, 6.45) is 7.00. The third-order valence-electron chi connectivity index (χ3n) is 1.55. The van der Waals surface area contributed by atoms with E-state index in [1.54, 1.807) is 0 Å². The molecular formula is C10H16O. The smallest absolute Gasteiger partial charge is 0.0780 e. The Hall–Kier alpha value is -0.980. The zero-order valence-electron chi connectivity index (χ0n) is 7.30. The Kier molecular flexibility index (Phi) is 5.26. The van der Waals surface area contributed by atoms with Gasteiger partial charge >= 0.3 is 0 Å². The number of aliphatic hydroxyl groups is 1. The molecule has 0 atom stereocenters. The van der Waals surface area contributed by atoms with Crippen LogP contribution in [-0.4, -0.2) is 5.11 Å². The van der Waals surface area contributed by atoms with Crippen LogP contribution in [0.15, 0.2) is 36.1 Å². The average Bonchev–Trinajstić information content (AvgIpc) is 2.04. The van der Waals surface area contributed by atoms with Crippen LogP contribution in [0.25, 0.3) is 0 Å². The Morgan fingerprint density at radius 2 is 2.09 bits per heavy atom. The molecule has 1 heteroatoms.